The van der Waals surface area contributed by atoms with E-state index >= 15 is 0 Å². The van der Waals surface area contributed by atoms with Crippen LogP contribution in [0.3, 0.4) is 0 Å². The van der Waals surface area contributed by atoms with Crippen LogP contribution in [0.4, 0.5) is 0 Å². The SMILES string of the molecule is CC(C(=O)N1CCC(Cc2ccccc2)CC1)N(C)Cc1cnn(C)c1. The molecule has 0 N–H and O–H groups in total. The van der Waals surface area contributed by atoms with Gasteiger partial charge in [-0.05, 0) is 44.7 Å². The lowest BCUT2D eigenvalue weighted by Gasteiger charge is -2.35. The minimum absolute atomic E-state index is 0.110. The summed E-state index contributed by atoms with van der Waals surface area (Å²) >= 11 is 0. The lowest BCUT2D eigenvalue weighted by Crippen LogP contribution is -2.48. The van der Waals surface area contributed by atoms with Crippen molar-refractivity contribution in [3.63, 3.8) is 0 Å². The summed E-state index contributed by atoms with van der Waals surface area (Å²) in [6.07, 6.45) is 7.18. The second kappa shape index (κ2) is 8.49. The molecule has 1 aromatic heterocycles. The van der Waals surface area contributed by atoms with Gasteiger partial charge in [0.1, 0.15) is 0 Å². The van der Waals surface area contributed by atoms with Gasteiger partial charge in [-0.25, -0.2) is 0 Å². The number of amides is 1. The van der Waals surface area contributed by atoms with Gasteiger partial charge in [-0.2, -0.15) is 5.10 Å². The van der Waals surface area contributed by atoms with Gasteiger partial charge < -0.3 is 4.90 Å². The number of carbonyl (C=O) groups is 1. The standard InChI is InChI=1S/C21H30N4O/c1-17(23(2)15-20-14-22-24(3)16-20)21(26)25-11-9-19(10-12-25)13-18-7-5-4-6-8-18/h4-8,14,16-17,19H,9-13,15H2,1-3H3. The average Bonchev–Trinajstić information content (AvgIpc) is 3.06. The molecule has 1 aliphatic rings. The molecule has 1 aliphatic heterocycles. The molecule has 2 aromatic rings. The van der Waals surface area contributed by atoms with Gasteiger partial charge in [0.2, 0.25) is 5.91 Å². The van der Waals surface area contributed by atoms with Crippen LogP contribution < -0.4 is 0 Å². The van der Waals surface area contributed by atoms with E-state index in [9.17, 15) is 4.79 Å². The number of hydrogen-bond acceptors (Lipinski definition) is 3. The highest BCUT2D eigenvalue weighted by atomic mass is 16.2. The summed E-state index contributed by atoms with van der Waals surface area (Å²) < 4.78 is 1.80. The van der Waals surface area contributed by atoms with Gasteiger partial charge in [0, 0.05) is 38.4 Å². The number of carbonyl (C=O) groups excluding carboxylic acids is 1. The topological polar surface area (TPSA) is 41.4 Å². The van der Waals surface area contributed by atoms with Crippen LogP contribution in [0.2, 0.25) is 0 Å². The molecule has 5 heteroatoms. The van der Waals surface area contributed by atoms with E-state index in [1.165, 1.54) is 5.56 Å². The van der Waals surface area contributed by atoms with Gasteiger partial charge in [0.25, 0.3) is 0 Å². The Hall–Kier alpha value is -2.14. The first-order valence-electron chi connectivity index (χ1n) is 9.53. The van der Waals surface area contributed by atoms with Gasteiger partial charge in [0.05, 0.1) is 12.2 Å². The van der Waals surface area contributed by atoms with Crippen molar-refractivity contribution < 1.29 is 4.79 Å². The summed E-state index contributed by atoms with van der Waals surface area (Å²) in [6, 6.07) is 10.6. The highest BCUT2D eigenvalue weighted by Crippen LogP contribution is 2.22. The maximum atomic E-state index is 12.9. The first-order chi connectivity index (χ1) is 12.5. The van der Waals surface area contributed by atoms with E-state index in [0.29, 0.717) is 5.92 Å². The van der Waals surface area contributed by atoms with E-state index in [2.05, 4.69) is 40.3 Å². The normalized spacial score (nSPS) is 16.8. The van der Waals surface area contributed by atoms with E-state index < -0.39 is 0 Å². The lowest BCUT2D eigenvalue weighted by molar-refractivity contribution is -0.137. The number of aryl methyl sites for hydroxylation is 1. The number of benzene rings is 1. The summed E-state index contributed by atoms with van der Waals surface area (Å²) in [4.78, 5) is 17.0. The van der Waals surface area contributed by atoms with Crippen molar-refractivity contribution in [2.75, 3.05) is 20.1 Å². The molecule has 0 radical (unpaired) electrons. The van der Waals surface area contributed by atoms with Crippen molar-refractivity contribution in [3.8, 4) is 0 Å². The predicted octanol–water partition coefficient (Wildman–Crippen LogP) is 2.72. The van der Waals surface area contributed by atoms with Crippen molar-refractivity contribution in [3.05, 3.63) is 53.9 Å². The molecule has 1 unspecified atom stereocenters. The van der Waals surface area contributed by atoms with Crippen molar-refractivity contribution in [2.24, 2.45) is 13.0 Å². The maximum absolute atomic E-state index is 12.9. The third kappa shape index (κ3) is 4.73. The van der Waals surface area contributed by atoms with Crippen molar-refractivity contribution in [2.45, 2.75) is 38.8 Å². The Kier molecular flexibility index (Phi) is 6.09. The monoisotopic (exact) mass is 354 g/mol. The van der Waals surface area contributed by atoms with Gasteiger partial charge >= 0.3 is 0 Å². The second-order valence-electron chi connectivity index (χ2n) is 7.57. The Balaban J connectivity index is 1.47. The molecule has 1 atom stereocenters. The van der Waals surface area contributed by atoms with E-state index in [0.717, 1.165) is 44.5 Å². The fourth-order valence-corrected chi connectivity index (χ4v) is 3.74. The van der Waals surface area contributed by atoms with Crippen LogP contribution in [0.5, 0.6) is 0 Å². The molecular weight excluding hydrogens is 324 g/mol. The van der Waals surface area contributed by atoms with Gasteiger partial charge in [0.15, 0.2) is 0 Å². The molecule has 0 saturated carbocycles. The number of likely N-dealkylation sites (N-methyl/N-ethyl adjacent to an activating group) is 1. The number of nitrogens with zero attached hydrogens (tertiary/aromatic N) is 4. The van der Waals surface area contributed by atoms with Crippen LogP contribution in [0.25, 0.3) is 0 Å². The van der Waals surface area contributed by atoms with Crippen LogP contribution in [-0.4, -0.2) is 51.7 Å². The molecule has 0 aliphatic carbocycles. The number of rotatable bonds is 6. The third-order valence-electron chi connectivity index (χ3n) is 5.50. The predicted molar refractivity (Wildman–Crippen MR) is 104 cm³/mol. The fraction of sp³-hybridized carbons (Fsp3) is 0.524. The van der Waals surface area contributed by atoms with Crippen LogP contribution in [0, 0.1) is 5.92 Å². The number of likely N-dealkylation sites (tertiary alicyclic amines) is 1. The van der Waals surface area contributed by atoms with E-state index in [1.54, 1.807) is 4.68 Å². The molecule has 1 aromatic carbocycles. The molecule has 2 heterocycles. The highest BCUT2D eigenvalue weighted by molar-refractivity contribution is 5.81. The van der Waals surface area contributed by atoms with Gasteiger partial charge in [-0.15, -0.1) is 0 Å². The smallest absolute Gasteiger partial charge is 0.239 e. The van der Waals surface area contributed by atoms with Crippen LogP contribution in [-0.2, 0) is 24.8 Å². The molecule has 0 bridgehead atoms. The largest absolute Gasteiger partial charge is 0.341 e. The molecule has 3 rings (SSSR count). The highest BCUT2D eigenvalue weighted by Gasteiger charge is 2.28. The molecule has 26 heavy (non-hydrogen) atoms. The zero-order valence-electron chi connectivity index (χ0n) is 16.1. The molecule has 1 saturated heterocycles. The number of hydrogen-bond donors (Lipinski definition) is 0. The molecule has 0 spiro atoms. The van der Waals surface area contributed by atoms with Crippen molar-refractivity contribution in [1.29, 1.82) is 0 Å². The number of piperidine rings is 1. The first-order valence-corrected chi connectivity index (χ1v) is 9.53. The quantitative estimate of drug-likeness (QED) is 0.801. The zero-order chi connectivity index (χ0) is 18.5. The zero-order valence-corrected chi connectivity index (χ0v) is 16.1. The summed E-state index contributed by atoms with van der Waals surface area (Å²) in [5.41, 5.74) is 2.54. The Bertz CT molecular complexity index is 704. The Labute approximate surface area is 156 Å². The fourth-order valence-electron chi connectivity index (χ4n) is 3.74. The molecule has 1 amide bonds. The third-order valence-corrected chi connectivity index (χ3v) is 5.50. The van der Waals surface area contributed by atoms with E-state index in [1.807, 2.05) is 38.3 Å². The van der Waals surface area contributed by atoms with Gasteiger partial charge in [-0.3, -0.25) is 14.4 Å². The average molecular weight is 354 g/mol. The van der Waals surface area contributed by atoms with Crippen molar-refractivity contribution in [1.82, 2.24) is 19.6 Å². The van der Waals surface area contributed by atoms with Gasteiger partial charge in [-0.1, -0.05) is 30.3 Å². The summed E-state index contributed by atoms with van der Waals surface area (Å²) in [7, 11) is 3.93. The second-order valence-corrected chi connectivity index (χ2v) is 7.57. The van der Waals surface area contributed by atoms with Crippen LogP contribution >= 0.6 is 0 Å². The Morgan fingerprint density at radius 2 is 1.92 bits per heavy atom. The molecular formula is C21H30N4O. The first kappa shape index (κ1) is 18.6. The summed E-state index contributed by atoms with van der Waals surface area (Å²) in [5, 5.41) is 4.20. The molecule has 140 valence electrons. The van der Waals surface area contributed by atoms with Crippen LogP contribution in [0.1, 0.15) is 30.9 Å². The summed E-state index contributed by atoms with van der Waals surface area (Å²) in [6.45, 7) is 4.50. The minimum atomic E-state index is -0.110. The summed E-state index contributed by atoms with van der Waals surface area (Å²) in [5.74, 6) is 0.930. The van der Waals surface area contributed by atoms with E-state index in [-0.39, 0.29) is 11.9 Å². The number of aromatic nitrogens is 2. The molecule has 1 fully saturated rings. The van der Waals surface area contributed by atoms with Crippen molar-refractivity contribution >= 4 is 5.91 Å². The Morgan fingerprint density at radius 1 is 1.23 bits per heavy atom. The van der Waals surface area contributed by atoms with E-state index in [4.69, 9.17) is 0 Å². The minimum Gasteiger partial charge on any atom is -0.341 e. The lowest BCUT2D eigenvalue weighted by atomic mass is 9.90. The maximum Gasteiger partial charge on any atom is 0.239 e. The molecule has 5 nitrogen and oxygen atoms in total. The Morgan fingerprint density at radius 3 is 2.54 bits per heavy atom. The van der Waals surface area contributed by atoms with Crippen LogP contribution in [0.15, 0.2) is 42.7 Å².